The molecule has 0 saturated heterocycles. The van der Waals surface area contributed by atoms with E-state index in [0.29, 0.717) is 4.42 Å². The van der Waals surface area contributed by atoms with Crippen molar-refractivity contribution in [1.82, 2.24) is 0 Å². The van der Waals surface area contributed by atoms with Crippen LogP contribution in [0.25, 0.3) is 0 Å². The molecule has 0 heterocycles. The third kappa shape index (κ3) is 2.55. The van der Waals surface area contributed by atoms with Crippen LogP contribution in [0, 0.1) is 10.1 Å². The van der Waals surface area contributed by atoms with E-state index in [2.05, 4.69) is 0 Å². The molecule has 0 saturated carbocycles. The van der Waals surface area contributed by atoms with E-state index in [9.17, 15) is 14.9 Å². The fraction of sp³-hybridized carbons (Fsp3) is 0.125. The quantitative estimate of drug-likeness (QED) is 0.474. The first-order valence-electron chi connectivity index (χ1n) is 3.94. The Hall–Kier alpha value is -1.04. The van der Waals surface area contributed by atoms with Crippen molar-refractivity contribution in [3.63, 3.8) is 0 Å². The number of nitrogens with zero attached hydrogens (tertiary/aromatic N) is 2. The third-order valence-corrected chi connectivity index (χ3v) is 2.67. The highest BCUT2D eigenvalue weighted by Gasteiger charge is 2.20. The standard InChI is InChI=1S/C8H5Cl3N2O3/c1-4(14)12(11)8-6(9)2-5(13(15)16)3-7(8)10/h2-3H,1H3. The lowest BCUT2D eigenvalue weighted by molar-refractivity contribution is -0.384. The molecule has 0 fully saturated rings. The number of anilines is 1. The van der Waals surface area contributed by atoms with Gasteiger partial charge in [0.1, 0.15) is 0 Å². The van der Waals surface area contributed by atoms with Crippen LogP contribution in [-0.4, -0.2) is 10.8 Å². The molecule has 1 amide bonds. The van der Waals surface area contributed by atoms with E-state index in [-0.39, 0.29) is 21.4 Å². The number of halogens is 3. The number of benzene rings is 1. The van der Waals surface area contributed by atoms with Crippen molar-refractivity contribution in [2.75, 3.05) is 4.42 Å². The average molecular weight is 283 g/mol. The normalized spacial score (nSPS) is 10.0. The first-order chi connectivity index (χ1) is 7.34. The molecule has 1 aromatic rings. The predicted molar refractivity (Wildman–Crippen MR) is 62.1 cm³/mol. The summed E-state index contributed by atoms with van der Waals surface area (Å²) in [4.78, 5) is 20.9. The van der Waals surface area contributed by atoms with E-state index in [1.54, 1.807) is 0 Å². The number of rotatable bonds is 2. The van der Waals surface area contributed by atoms with E-state index in [1.165, 1.54) is 6.92 Å². The largest absolute Gasteiger partial charge is 0.274 e. The number of amides is 1. The minimum Gasteiger partial charge on any atom is -0.274 e. The second kappa shape index (κ2) is 4.86. The van der Waals surface area contributed by atoms with E-state index >= 15 is 0 Å². The summed E-state index contributed by atoms with van der Waals surface area (Å²) in [6, 6.07) is 2.14. The maximum atomic E-state index is 11.0. The van der Waals surface area contributed by atoms with Gasteiger partial charge in [-0.15, -0.1) is 0 Å². The number of hydrogen-bond acceptors (Lipinski definition) is 3. The highest BCUT2D eigenvalue weighted by molar-refractivity contribution is 6.45. The first kappa shape index (κ1) is 13.0. The molecule has 1 rings (SSSR count). The van der Waals surface area contributed by atoms with Crippen molar-refractivity contribution >= 4 is 52.3 Å². The fourth-order valence-electron chi connectivity index (χ4n) is 1.00. The van der Waals surface area contributed by atoms with Gasteiger partial charge >= 0.3 is 0 Å². The summed E-state index contributed by atoms with van der Waals surface area (Å²) >= 11 is 17.1. The van der Waals surface area contributed by atoms with Crippen LogP contribution >= 0.6 is 35.0 Å². The lowest BCUT2D eigenvalue weighted by atomic mass is 10.2. The molecule has 0 aliphatic heterocycles. The molecule has 0 N–H and O–H groups in total. The Bertz CT molecular complexity index is 441. The lowest BCUT2D eigenvalue weighted by Gasteiger charge is -2.14. The second-order valence-corrected chi connectivity index (χ2v) is 3.97. The molecule has 1 aromatic carbocycles. The van der Waals surface area contributed by atoms with E-state index in [0.717, 1.165) is 12.1 Å². The van der Waals surface area contributed by atoms with Gasteiger partial charge in [0.05, 0.1) is 20.7 Å². The lowest BCUT2D eigenvalue weighted by Crippen LogP contribution is -2.17. The van der Waals surface area contributed by atoms with Gasteiger partial charge in [0.2, 0.25) is 5.91 Å². The molecule has 8 heteroatoms. The Morgan fingerprint density at radius 1 is 1.38 bits per heavy atom. The summed E-state index contributed by atoms with van der Waals surface area (Å²) in [6.45, 7) is 1.21. The molecule has 5 nitrogen and oxygen atoms in total. The summed E-state index contributed by atoms with van der Waals surface area (Å²) in [5.74, 6) is -0.501. The van der Waals surface area contributed by atoms with Crippen LogP contribution < -0.4 is 4.42 Å². The molecule has 16 heavy (non-hydrogen) atoms. The molecular weight excluding hydrogens is 278 g/mol. The summed E-state index contributed by atoms with van der Waals surface area (Å²) in [5, 5.41) is 10.4. The number of nitro groups is 1. The maximum absolute atomic E-state index is 11.0. The van der Waals surface area contributed by atoms with Gasteiger partial charge in [-0.1, -0.05) is 23.2 Å². The zero-order valence-corrected chi connectivity index (χ0v) is 10.2. The van der Waals surface area contributed by atoms with Crippen LogP contribution in [0.5, 0.6) is 0 Å². The molecule has 86 valence electrons. The van der Waals surface area contributed by atoms with E-state index in [1.807, 2.05) is 0 Å². The van der Waals surface area contributed by atoms with Crippen LogP contribution in [0.3, 0.4) is 0 Å². The summed E-state index contributed by atoms with van der Waals surface area (Å²) in [6.07, 6.45) is 0. The van der Waals surface area contributed by atoms with E-state index in [4.69, 9.17) is 35.0 Å². The SMILES string of the molecule is CC(=O)N(Cl)c1c(Cl)cc([N+](=O)[O-])cc1Cl. The summed E-state index contributed by atoms with van der Waals surface area (Å²) in [5.41, 5.74) is -0.240. The zero-order chi connectivity index (χ0) is 12.5. The van der Waals surface area contributed by atoms with Gasteiger partial charge in [-0.3, -0.25) is 14.9 Å². The van der Waals surface area contributed by atoms with Gasteiger partial charge < -0.3 is 0 Å². The Labute approximate surface area is 106 Å². The molecule has 0 aliphatic rings. The van der Waals surface area contributed by atoms with E-state index < -0.39 is 10.8 Å². The minimum atomic E-state index is -0.645. The average Bonchev–Trinajstić information content (AvgIpc) is 2.15. The Morgan fingerprint density at radius 2 is 1.81 bits per heavy atom. The smallest absolute Gasteiger partial charge is 0.272 e. The van der Waals surface area contributed by atoms with Gasteiger partial charge in [-0.2, -0.15) is 0 Å². The molecule has 0 aliphatic carbocycles. The van der Waals surface area contributed by atoms with Crippen LogP contribution in [0.15, 0.2) is 12.1 Å². The molecule has 0 aromatic heterocycles. The van der Waals surface area contributed by atoms with Crippen molar-refractivity contribution in [2.24, 2.45) is 0 Å². The summed E-state index contributed by atoms with van der Waals surface area (Å²) in [7, 11) is 0. The van der Waals surface area contributed by atoms with Crippen molar-refractivity contribution < 1.29 is 9.72 Å². The fourth-order valence-corrected chi connectivity index (χ4v) is 1.92. The van der Waals surface area contributed by atoms with Crippen molar-refractivity contribution in [2.45, 2.75) is 6.92 Å². The molecule has 0 radical (unpaired) electrons. The number of nitro benzene ring substituents is 1. The second-order valence-electron chi connectivity index (χ2n) is 2.81. The number of non-ortho nitro benzene ring substituents is 1. The van der Waals surface area contributed by atoms with Crippen molar-refractivity contribution in [3.8, 4) is 0 Å². The topological polar surface area (TPSA) is 63.5 Å². The predicted octanol–water partition coefficient (Wildman–Crippen LogP) is 3.41. The summed E-state index contributed by atoms with van der Waals surface area (Å²) < 4.78 is 0.703. The molecule has 0 bridgehead atoms. The highest BCUT2D eigenvalue weighted by atomic mass is 35.5. The first-order valence-corrected chi connectivity index (χ1v) is 5.04. The maximum Gasteiger partial charge on any atom is 0.272 e. The van der Waals surface area contributed by atoms with Crippen LogP contribution in [-0.2, 0) is 4.79 Å². The van der Waals surface area contributed by atoms with Crippen LogP contribution in [0.1, 0.15) is 6.92 Å². The zero-order valence-electron chi connectivity index (χ0n) is 7.91. The highest BCUT2D eigenvalue weighted by Crippen LogP contribution is 2.38. The molecule has 0 atom stereocenters. The third-order valence-electron chi connectivity index (χ3n) is 1.69. The Kier molecular flexibility index (Phi) is 3.96. The molecule has 0 unspecified atom stereocenters. The van der Waals surface area contributed by atoms with Crippen LogP contribution in [0.2, 0.25) is 10.0 Å². The molecular formula is C8H5Cl3N2O3. The van der Waals surface area contributed by atoms with Crippen molar-refractivity contribution in [3.05, 3.63) is 32.3 Å². The number of carbonyl (C=O) groups excluding carboxylic acids is 1. The van der Waals surface area contributed by atoms with Gasteiger partial charge in [0, 0.05) is 30.8 Å². The van der Waals surface area contributed by atoms with Gasteiger partial charge in [0.25, 0.3) is 5.69 Å². The molecule has 0 spiro atoms. The van der Waals surface area contributed by atoms with Crippen molar-refractivity contribution in [1.29, 1.82) is 0 Å². The number of hydrogen-bond donors (Lipinski definition) is 0. The minimum absolute atomic E-state index is 0.0306. The monoisotopic (exact) mass is 282 g/mol. The van der Waals surface area contributed by atoms with Gasteiger partial charge in [-0.25, -0.2) is 4.42 Å². The Balaban J connectivity index is 3.33. The number of carbonyl (C=O) groups is 1. The van der Waals surface area contributed by atoms with Gasteiger partial charge in [-0.05, 0) is 0 Å². The Morgan fingerprint density at radius 3 is 2.12 bits per heavy atom. The van der Waals surface area contributed by atoms with Gasteiger partial charge in [0.15, 0.2) is 0 Å². The van der Waals surface area contributed by atoms with Crippen LogP contribution in [0.4, 0.5) is 11.4 Å².